The van der Waals surface area contributed by atoms with E-state index < -0.39 is 0 Å². The third kappa shape index (κ3) is 3.59. The molecular weight excluding hydrogens is 270 g/mol. The summed E-state index contributed by atoms with van der Waals surface area (Å²) in [7, 11) is 0. The van der Waals surface area contributed by atoms with E-state index in [1.165, 1.54) is 11.3 Å². The van der Waals surface area contributed by atoms with Gasteiger partial charge in [0.2, 0.25) is 0 Å². The molecule has 0 bridgehead atoms. The molecule has 2 rings (SSSR count). The normalized spacial score (nSPS) is 14.6. The van der Waals surface area contributed by atoms with E-state index in [4.69, 9.17) is 16.0 Å². The summed E-state index contributed by atoms with van der Waals surface area (Å²) < 4.78 is 6.22. The lowest BCUT2D eigenvalue weighted by molar-refractivity contribution is 0.182. The van der Waals surface area contributed by atoms with Crippen molar-refractivity contribution in [3.8, 4) is 0 Å². The summed E-state index contributed by atoms with van der Waals surface area (Å²) in [6.45, 7) is 2.50. The second-order valence-corrected chi connectivity index (χ2v) is 5.93. The first-order valence-electron chi connectivity index (χ1n) is 5.87. The first kappa shape index (κ1) is 13.6. The molecular formula is C13H16ClNO2S. The SMILES string of the molecule is CC(O)CCNC(c1ccco1)c1ccc(Cl)s1. The standard InChI is InChI=1S/C13H16ClNO2S/c1-9(16)6-7-15-13(10-3-2-8-17-10)11-4-5-12(14)18-11/h2-5,8-9,13,15-16H,6-7H2,1H3. The minimum absolute atomic E-state index is 0.00347. The smallest absolute Gasteiger partial charge is 0.126 e. The number of aliphatic hydroxyl groups excluding tert-OH is 1. The fraction of sp³-hybridized carbons (Fsp3) is 0.385. The van der Waals surface area contributed by atoms with Gasteiger partial charge >= 0.3 is 0 Å². The third-order valence-electron chi connectivity index (χ3n) is 2.62. The monoisotopic (exact) mass is 285 g/mol. The Morgan fingerprint density at radius 1 is 1.44 bits per heavy atom. The molecule has 3 nitrogen and oxygen atoms in total. The highest BCUT2D eigenvalue weighted by Crippen LogP contribution is 2.31. The number of rotatable bonds is 6. The van der Waals surface area contributed by atoms with Gasteiger partial charge in [-0.25, -0.2) is 0 Å². The van der Waals surface area contributed by atoms with Gasteiger partial charge in [0.05, 0.1) is 16.7 Å². The molecule has 0 amide bonds. The topological polar surface area (TPSA) is 45.4 Å². The molecule has 2 atom stereocenters. The minimum atomic E-state index is -0.304. The van der Waals surface area contributed by atoms with Crippen molar-refractivity contribution in [3.05, 3.63) is 45.5 Å². The maximum atomic E-state index is 9.29. The molecule has 0 aliphatic carbocycles. The summed E-state index contributed by atoms with van der Waals surface area (Å²) in [5.74, 6) is 0.860. The van der Waals surface area contributed by atoms with Gasteiger partial charge in [-0.1, -0.05) is 11.6 Å². The molecule has 0 saturated heterocycles. The maximum Gasteiger partial charge on any atom is 0.126 e. The molecule has 98 valence electrons. The maximum absolute atomic E-state index is 9.29. The van der Waals surface area contributed by atoms with Crippen molar-refractivity contribution in [1.82, 2.24) is 5.32 Å². The Labute approximate surface area is 115 Å². The van der Waals surface area contributed by atoms with Crippen molar-refractivity contribution in [3.63, 3.8) is 0 Å². The number of halogens is 1. The minimum Gasteiger partial charge on any atom is -0.467 e. The van der Waals surface area contributed by atoms with Gasteiger partial charge < -0.3 is 14.8 Å². The van der Waals surface area contributed by atoms with E-state index >= 15 is 0 Å². The largest absolute Gasteiger partial charge is 0.467 e. The van der Waals surface area contributed by atoms with E-state index in [-0.39, 0.29) is 12.1 Å². The van der Waals surface area contributed by atoms with E-state index in [0.29, 0.717) is 6.42 Å². The van der Waals surface area contributed by atoms with Crippen molar-refractivity contribution >= 4 is 22.9 Å². The quantitative estimate of drug-likeness (QED) is 0.854. The van der Waals surface area contributed by atoms with Crippen LogP contribution < -0.4 is 5.32 Å². The van der Waals surface area contributed by atoms with Gasteiger partial charge in [0.15, 0.2) is 0 Å². The molecule has 18 heavy (non-hydrogen) atoms. The van der Waals surface area contributed by atoms with Gasteiger partial charge in [0, 0.05) is 4.88 Å². The number of furan rings is 1. The second kappa shape index (κ2) is 6.38. The number of hydrogen-bond acceptors (Lipinski definition) is 4. The summed E-state index contributed by atoms with van der Waals surface area (Å²) in [6.07, 6.45) is 2.06. The summed E-state index contributed by atoms with van der Waals surface area (Å²) >= 11 is 7.50. The Balaban J connectivity index is 2.09. The third-order valence-corrected chi connectivity index (χ3v) is 3.91. The molecule has 2 aromatic heterocycles. The summed E-state index contributed by atoms with van der Waals surface area (Å²) in [4.78, 5) is 1.11. The Morgan fingerprint density at radius 2 is 2.28 bits per heavy atom. The highest BCUT2D eigenvalue weighted by Gasteiger charge is 2.18. The van der Waals surface area contributed by atoms with Crippen LogP contribution in [0.1, 0.15) is 30.0 Å². The molecule has 2 N–H and O–H groups in total. The molecule has 0 spiro atoms. The van der Waals surface area contributed by atoms with Crippen LogP contribution in [0, 0.1) is 0 Å². The molecule has 2 aromatic rings. The lowest BCUT2D eigenvalue weighted by atomic mass is 10.1. The Hall–Kier alpha value is -0.810. The molecule has 2 unspecified atom stereocenters. The van der Waals surface area contributed by atoms with Gasteiger partial charge in [-0.15, -0.1) is 11.3 Å². The van der Waals surface area contributed by atoms with Crippen LogP contribution in [0.15, 0.2) is 34.9 Å². The van der Waals surface area contributed by atoms with Crippen LogP contribution in [0.25, 0.3) is 0 Å². The van der Waals surface area contributed by atoms with Gasteiger partial charge in [-0.2, -0.15) is 0 Å². The number of aliphatic hydroxyl groups is 1. The van der Waals surface area contributed by atoms with Crippen LogP contribution in [0.5, 0.6) is 0 Å². The zero-order valence-electron chi connectivity index (χ0n) is 10.1. The highest BCUT2D eigenvalue weighted by atomic mass is 35.5. The van der Waals surface area contributed by atoms with E-state index in [0.717, 1.165) is 21.5 Å². The molecule has 2 heterocycles. The van der Waals surface area contributed by atoms with E-state index in [1.54, 1.807) is 13.2 Å². The predicted octanol–water partition coefficient (Wildman–Crippen LogP) is 3.44. The van der Waals surface area contributed by atoms with Crippen molar-refractivity contribution in [1.29, 1.82) is 0 Å². The average molecular weight is 286 g/mol. The van der Waals surface area contributed by atoms with Gasteiger partial charge in [0.1, 0.15) is 11.8 Å². The predicted molar refractivity (Wildman–Crippen MR) is 74.2 cm³/mol. The molecule has 0 aliphatic heterocycles. The van der Waals surface area contributed by atoms with Gasteiger partial charge in [0.25, 0.3) is 0 Å². The van der Waals surface area contributed by atoms with Crippen molar-refractivity contribution in [2.24, 2.45) is 0 Å². The van der Waals surface area contributed by atoms with Gasteiger partial charge in [-0.05, 0) is 44.2 Å². The molecule has 0 saturated carbocycles. The highest BCUT2D eigenvalue weighted by molar-refractivity contribution is 7.16. The molecule has 0 fully saturated rings. The van der Waals surface area contributed by atoms with Crippen molar-refractivity contribution < 1.29 is 9.52 Å². The zero-order valence-corrected chi connectivity index (χ0v) is 11.7. The number of nitrogens with one attached hydrogen (secondary N) is 1. The molecule has 5 heteroatoms. The lowest BCUT2D eigenvalue weighted by Crippen LogP contribution is -2.24. The second-order valence-electron chi connectivity index (χ2n) is 4.18. The molecule has 0 radical (unpaired) electrons. The number of thiophene rings is 1. The fourth-order valence-corrected chi connectivity index (χ4v) is 2.86. The molecule has 0 aliphatic rings. The van der Waals surface area contributed by atoms with E-state index in [2.05, 4.69) is 5.32 Å². The summed E-state index contributed by atoms with van der Waals surface area (Å²) in [6, 6.07) is 7.68. The first-order chi connectivity index (χ1) is 8.66. The summed E-state index contributed by atoms with van der Waals surface area (Å²) in [5, 5.41) is 12.7. The van der Waals surface area contributed by atoms with Gasteiger partial charge in [-0.3, -0.25) is 0 Å². The first-order valence-corrected chi connectivity index (χ1v) is 7.06. The molecule has 0 aromatic carbocycles. The zero-order chi connectivity index (χ0) is 13.0. The van der Waals surface area contributed by atoms with Crippen LogP contribution in [-0.4, -0.2) is 17.8 Å². The van der Waals surface area contributed by atoms with Crippen LogP contribution in [0.4, 0.5) is 0 Å². The van der Waals surface area contributed by atoms with Crippen LogP contribution >= 0.6 is 22.9 Å². The van der Waals surface area contributed by atoms with Crippen molar-refractivity contribution in [2.75, 3.05) is 6.54 Å². The van der Waals surface area contributed by atoms with E-state index in [9.17, 15) is 5.11 Å². The van der Waals surface area contributed by atoms with E-state index in [1.807, 2.05) is 24.3 Å². The Bertz CT molecular complexity index is 467. The number of hydrogen-bond donors (Lipinski definition) is 2. The lowest BCUT2D eigenvalue weighted by Gasteiger charge is -2.15. The average Bonchev–Trinajstić information content (AvgIpc) is 2.95. The summed E-state index contributed by atoms with van der Waals surface area (Å²) in [5.41, 5.74) is 0. The van der Waals surface area contributed by atoms with Crippen LogP contribution in [0.3, 0.4) is 0 Å². The van der Waals surface area contributed by atoms with Crippen molar-refractivity contribution in [2.45, 2.75) is 25.5 Å². The fourth-order valence-electron chi connectivity index (χ4n) is 1.72. The van der Waals surface area contributed by atoms with Crippen LogP contribution in [-0.2, 0) is 0 Å². The Kier molecular flexibility index (Phi) is 4.83. The van der Waals surface area contributed by atoms with Crippen LogP contribution in [0.2, 0.25) is 4.34 Å². The Morgan fingerprint density at radius 3 is 2.83 bits per heavy atom.